The summed E-state index contributed by atoms with van der Waals surface area (Å²) in [6.45, 7) is 4.24. The van der Waals surface area contributed by atoms with E-state index in [4.69, 9.17) is 9.47 Å². The molecule has 0 aromatic heterocycles. The topological polar surface area (TPSA) is 76.7 Å². The van der Waals surface area contributed by atoms with Gasteiger partial charge in [0.25, 0.3) is 5.91 Å². The van der Waals surface area contributed by atoms with Gasteiger partial charge in [0.1, 0.15) is 5.82 Å². The summed E-state index contributed by atoms with van der Waals surface area (Å²) in [6, 6.07) is 13.3. The number of halogens is 1. The largest absolute Gasteiger partial charge is 0.379 e. The van der Waals surface area contributed by atoms with Crippen LogP contribution in [0, 0.1) is 5.82 Å². The Bertz CT molecular complexity index is 783. The zero-order chi connectivity index (χ0) is 20.2. The fourth-order valence-electron chi connectivity index (χ4n) is 2.45. The molecule has 28 heavy (non-hydrogen) atoms. The van der Waals surface area contributed by atoms with Gasteiger partial charge in [-0.3, -0.25) is 9.59 Å². The summed E-state index contributed by atoms with van der Waals surface area (Å²) in [5.41, 5.74) is 1.82. The molecule has 0 heterocycles. The van der Waals surface area contributed by atoms with Crippen LogP contribution in [0.2, 0.25) is 0 Å². The van der Waals surface area contributed by atoms with Crippen molar-refractivity contribution in [2.45, 2.75) is 20.1 Å². The van der Waals surface area contributed by atoms with Gasteiger partial charge in [-0.25, -0.2) is 4.39 Å². The van der Waals surface area contributed by atoms with Crippen LogP contribution in [0.25, 0.3) is 0 Å². The number of rotatable bonds is 11. The van der Waals surface area contributed by atoms with Gasteiger partial charge >= 0.3 is 0 Å². The van der Waals surface area contributed by atoms with Gasteiger partial charge in [-0.15, -0.1) is 0 Å². The zero-order valence-corrected chi connectivity index (χ0v) is 15.9. The number of carbonyl (C=O) groups excluding carboxylic acids is 2. The lowest BCUT2D eigenvalue weighted by atomic mass is 10.1. The summed E-state index contributed by atoms with van der Waals surface area (Å²) in [5, 5.41) is 5.13. The molecule has 6 nitrogen and oxygen atoms in total. The molecule has 2 aromatic rings. The highest BCUT2D eigenvalue weighted by molar-refractivity contribution is 5.96. The summed E-state index contributed by atoms with van der Waals surface area (Å²) in [5.74, 6) is -1.61. The fraction of sp³-hybridized carbons (Fsp3) is 0.333. The van der Waals surface area contributed by atoms with Crippen LogP contribution < -0.4 is 10.6 Å². The standard InChI is InChI=1S/C21H25FN2O4/c1-2-27-10-11-28-15-17-7-5-6-16(12-17)13-23-20(25)14-24-21(26)18-8-3-4-9-19(18)22/h3-9,12H,2,10-11,13-15H2,1H3,(H,23,25)(H,24,26). The molecule has 2 N–H and O–H groups in total. The first kappa shape index (κ1) is 21.5. The molecule has 150 valence electrons. The predicted molar refractivity (Wildman–Crippen MR) is 103 cm³/mol. The second-order valence-corrected chi connectivity index (χ2v) is 6.01. The van der Waals surface area contributed by atoms with E-state index in [1.807, 2.05) is 31.2 Å². The number of carbonyl (C=O) groups is 2. The molecule has 0 atom stereocenters. The van der Waals surface area contributed by atoms with E-state index < -0.39 is 11.7 Å². The van der Waals surface area contributed by atoms with Crippen LogP contribution >= 0.6 is 0 Å². The lowest BCUT2D eigenvalue weighted by Gasteiger charge is -2.09. The van der Waals surface area contributed by atoms with E-state index in [1.54, 1.807) is 6.07 Å². The van der Waals surface area contributed by atoms with Crippen LogP contribution in [0.3, 0.4) is 0 Å². The minimum atomic E-state index is -0.626. The Balaban J connectivity index is 1.73. The maximum Gasteiger partial charge on any atom is 0.254 e. The fourth-order valence-corrected chi connectivity index (χ4v) is 2.45. The van der Waals surface area contributed by atoms with Gasteiger partial charge in [0.05, 0.1) is 31.9 Å². The second-order valence-electron chi connectivity index (χ2n) is 6.01. The predicted octanol–water partition coefficient (Wildman–Crippen LogP) is 2.42. The third-order valence-electron chi connectivity index (χ3n) is 3.85. The molecule has 0 aliphatic heterocycles. The summed E-state index contributed by atoms with van der Waals surface area (Å²) < 4.78 is 24.3. The van der Waals surface area contributed by atoms with Crippen LogP contribution in [0.4, 0.5) is 4.39 Å². The van der Waals surface area contributed by atoms with Crippen LogP contribution in [0.5, 0.6) is 0 Å². The van der Waals surface area contributed by atoms with E-state index in [1.165, 1.54) is 18.2 Å². The van der Waals surface area contributed by atoms with Crippen LogP contribution in [0.1, 0.15) is 28.4 Å². The number of ether oxygens (including phenoxy) is 2. The summed E-state index contributed by atoms with van der Waals surface area (Å²) in [7, 11) is 0. The number of hydrogen-bond donors (Lipinski definition) is 2. The molecular weight excluding hydrogens is 363 g/mol. The van der Waals surface area contributed by atoms with Gasteiger partial charge in [-0.2, -0.15) is 0 Å². The summed E-state index contributed by atoms with van der Waals surface area (Å²) in [4.78, 5) is 23.8. The molecule has 0 aliphatic rings. The molecule has 2 amide bonds. The summed E-state index contributed by atoms with van der Waals surface area (Å²) >= 11 is 0. The van der Waals surface area contributed by atoms with Crippen molar-refractivity contribution in [1.29, 1.82) is 0 Å². The average molecular weight is 388 g/mol. The van der Waals surface area contributed by atoms with E-state index in [-0.39, 0.29) is 18.0 Å². The maximum absolute atomic E-state index is 13.5. The van der Waals surface area contributed by atoms with E-state index >= 15 is 0 Å². The average Bonchev–Trinajstić information content (AvgIpc) is 2.71. The summed E-state index contributed by atoms with van der Waals surface area (Å²) in [6.07, 6.45) is 0. The molecule has 0 saturated heterocycles. The van der Waals surface area contributed by atoms with Gasteiger partial charge < -0.3 is 20.1 Å². The first-order valence-corrected chi connectivity index (χ1v) is 9.13. The van der Waals surface area contributed by atoms with Crippen molar-refractivity contribution in [2.24, 2.45) is 0 Å². The van der Waals surface area contributed by atoms with Crippen molar-refractivity contribution in [3.05, 3.63) is 71.0 Å². The Hall–Kier alpha value is -2.77. The first-order valence-electron chi connectivity index (χ1n) is 9.13. The zero-order valence-electron chi connectivity index (χ0n) is 15.9. The lowest BCUT2D eigenvalue weighted by molar-refractivity contribution is -0.120. The Labute approximate surface area is 164 Å². The molecule has 0 unspecified atom stereocenters. The van der Waals surface area contributed by atoms with Crippen molar-refractivity contribution >= 4 is 11.8 Å². The van der Waals surface area contributed by atoms with E-state index in [9.17, 15) is 14.0 Å². The van der Waals surface area contributed by atoms with Crippen molar-refractivity contribution in [3.63, 3.8) is 0 Å². The van der Waals surface area contributed by atoms with Crippen LogP contribution in [-0.2, 0) is 27.4 Å². The maximum atomic E-state index is 13.5. The molecular formula is C21H25FN2O4. The number of nitrogens with one attached hydrogen (secondary N) is 2. The highest BCUT2D eigenvalue weighted by atomic mass is 19.1. The van der Waals surface area contributed by atoms with Crippen molar-refractivity contribution in [2.75, 3.05) is 26.4 Å². The van der Waals surface area contributed by atoms with Gasteiger partial charge in [0, 0.05) is 13.2 Å². The third-order valence-corrected chi connectivity index (χ3v) is 3.85. The minimum absolute atomic E-state index is 0.0904. The molecule has 0 aliphatic carbocycles. The van der Waals surface area contributed by atoms with Crippen molar-refractivity contribution in [3.8, 4) is 0 Å². The monoisotopic (exact) mass is 388 g/mol. The van der Waals surface area contributed by atoms with Crippen molar-refractivity contribution < 1.29 is 23.5 Å². The quantitative estimate of drug-likeness (QED) is 0.580. The van der Waals surface area contributed by atoms with E-state index in [0.29, 0.717) is 33.0 Å². The molecule has 0 bridgehead atoms. The van der Waals surface area contributed by atoms with E-state index in [0.717, 1.165) is 11.1 Å². The molecule has 0 spiro atoms. The Kier molecular flexibility index (Phi) is 9.10. The van der Waals surface area contributed by atoms with E-state index in [2.05, 4.69) is 10.6 Å². The van der Waals surface area contributed by atoms with Crippen LogP contribution in [-0.4, -0.2) is 38.2 Å². The molecule has 0 radical (unpaired) electrons. The molecule has 7 heteroatoms. The smallest absolute Gasteiger partial charge is 0.254 e. The van der Waals surface area contributed by atoms with Gasteiger partial charge in [0.15, 0.2) is 0 Å². The molecule has 2 rings (SSSR count). The Morgan fingerprint density at radius 1 is 0.964 bits per heavy atom. The highest BCUT2D eigenvalue weighted by Crippen LogP contribution is 2.07. The minimum Gasteiger partial charge on any atom is -0.379 e. The molecule has 0 fully saturated rings. The highest BCUT2D eigenvalue weighted by Gasteiger charge is 2.11. The van der Waals surface area contributed by atoms with Crippen LogP contribution in [0.15, 0.2) is 48.5 Å². The van der Waals surface area contributed by atoms with Gasteiger partial charge in [-0.1, -0.05) is 36.4 Å². The second kappa shape index (κ2) is 11.8. The third kappa shape index (κ3) is 7.46. The SMILES string of the molecule is CCOCCOCc1cccc(CNC(=O)CNC(=O)c2ccccc2F)c1. The number of amides is 2. The van der Waals surface area contributed by atoms with Gasteiger partial charge in [0.2, 0.25) is 5.91 Å². The normalized spacial score (nSPS) is 10.5. The number of hydrogen-bond acceptors (Lipinski definition) is 4. The Morgan fingerprint density at radius 3 is 2.50 bits per heavy atom. The molecule has 0 saturated carbocycles. The van der Waals surface area contributed by atoms with Crippen molar-refractivity contribution in [1.82, 2.24) is 10.6 Å². The van der Waals surface area contributed by atoms with Gasteiger partial charge in [-0.05, 0) is 30.2 Å². The number of benzene rings is 2. The molecule has 2 aromatic carbocycles. The first-order chi connectivity index (χ1) is 13.6. The lowest BCUT2D eigenvalue weighted by Crippen LogP contribution is -2.36. The Morgan fingerprint density at radius 2 is 1.71 bits per heavy atom.